The Morgan fingerprint density at radius 1 is 0.800 bits per heavy atom. The highest BCUT2D eigenvalue weighted by Crippen LogP contribution is 2.23. The van der Waals surface area contributed by atoms with Gasteiger partial charge in [0, 0.05) is 29.0 Å². The first-order valence-corrected chi connectivity index (χ1v) is 12.7. The Morgan fingerprint density at radius 3 is 2.11 bits per heavy atom. The van der Waals surface area contributed by atoms with E-state index < -0.39 is 15.4 Å². The van der Waals surface area contributed by atoms with E-state index in [0.29, 0.717) is 29.2 Å². The standard InChI is InChI=1S/C26H30N4O4S/c1-5-27-23-12-7-6-11-22(23)24(31)28-18-13-15-21(16-14-18)35(33,34)30-20-10-8-9-19(17-20)29-25(32)26(2,3)4/h6-17,27,30H,5H2,1-4H3,(H,28,31)(H,29,32). The van der Waals surface area contributed by atoms with Crippen molar-refractivity contribution in [1.82, 2.24) is 0 Å². The number of benzene rings is 3. The topological polar surface area (TPSA) is 116 Å². The molecule has 0 aliphatic carbocycles. The molecule has 3 rings (SSSR count). The minimum atomic E-state index is -3.88. The van der Waals surface area contributed by atoms with Gasteiger partial charge in [0.05, 0.1) is 16.1 Å². The molecule has 0 radical (unpaired) electrons. The zero-order valence-electron chi connectivity index (χ0n) is 20.2. The Hall–Kier alpha value is -3.85. The van der Waals surface area contributed by atoms with Crippen molar-refractivity contribution < 1.29 is 18.0 Å². The van der Waals surface area contributed by atoms with Crippen LogP contribution in [0.5, 0.6) is 0 Å². The van der Waals surface area contributed by atoms with Gasteiger partial charge in [0.2, 0.25) is 5.91 Å². The van der Waals surface area contributed by atoms with Gasteiger partial charge in [-0.2, -0.15) is 0 Å². The summed E-state index contributed by atoms with van der Waals surface area (Å²) >= 11 is 0. The maximum Gasteiger partial charge on any atom is 0.261 e. The zero-order valence-corrected chi connectivity index (χ0v) is 21.0. The van der Waals surface area contributed by atoms with Gasteiger partial charge in [0.25, 0.3) is 15.9 Å². The summed E-state index contributed by atoms with van der Waals surface area (Å²) in [6, 6.07) is 19.5. The minimum absolute atomic E-state index is 0.0349. The fourth-order valence-electron chi connectivity index (χ4n) is 3.13. The SMILES string of the molecule is CCNc1ccccc1C(=O)Nc1ccc(S(=O)(=O)Nc2cccc(NC(=O)C(C)(C)C)c2)cc1. The summed E-state index contributed by atoms with van der Waals surface area (Å²) in [6.45, 7) is 8.00. The number of amides is 2. The summed E-state index contributed by atoms with van der Waals surface area (Å²) in [6.07, 6.45) is 0. The molecule has 8 nitrogen and oxygen atoms in total. The van der Waals surface area contributed by atoms with Crippen LogP contribution in [-0.4, -0.2) is 26.8 Å². The molecule has 0 atom stereocenters. The third kappa shape index (κ3) is 6.83. The highest BCUT2D eigenvalue weighted by molar-refractivity contribution is 7.92. The van der Waals surface area contributed by atoms with Crippen molar-refractivity contribution in [3.8, 4) is 0 Å². The van der Waals surface area contributed by atoms with Gasteiger partial charge in [0.15, 0.2) is 0 Å². The molecule has 0 saturated heterocycles. The number of rotatable bonds is 8. The Kier molecular flexibility index (Phi) is 7.81. The third-order valence-electron chi connectivity index (χ3n) is 5.02. The van der Waals surface area contributed by atoms with E-state index in [0.717, 1.165) is 5.69 Å². The van der Waals surface area contributed by atoms with Crippen LogP contribution in [0.4, 0.5) is 22.7 Å². The zero-order chi connectivity index (χ0) is 25.6. The van der Waals surface area contributed by atoms with Crippen LogP contribution in [0.2, 0.25) is 0 Å². The number of carbonyl (C=O) groups is 2. The summed E-state index contributed by atoms with van der Waals surface area (Å²) in [7, 11) is -3.88. The van der Waals surface area contributed by atoms with Crippen LogP contribution >= 0.6 is 0 Å². The van der Waals surface area contributed by atoms with E-state index in [1.54, 1.807) is 57.2 Å². The van der Waals surface area contributed by atoms with Gasteiger partial charge >= 0.3 is 0 Å². The molecule has 0 aliphatic heterocycles. The molecule has 9 heteroatoms. The number of nitrogens with one attached hydrogen (secondary N) is 4. The molecular weight excluding hydrogens is 464 g/mol. The van der Waals surface area contributed by atoms with Crippen molar-refractivity contribution in [2.75, 3.05) is 27.2 Å². The highest BCUT2D eigenvalue weighted by Gasteiger charge is 2.21. The van der Waals surface area contributed by atoms with E-state index >= 15 is 0 Å². The van der Waals surface area contributed by atoms with Crippen LogP contribution in [0.1, 0.15) is 38.1 Å². The second-order valence-corrected chi connectivity index (χ2v) is 10.6. The molecule has 4 N–H and O–H groups in total. The lowest BCUT2D eigenvalue weighted by Crippen LogP contribution is -2.27. The summed E-state index contributed by atoms with van der Waals surface area (Å²) < 4.78 is 28.3. The molecule has 0 aliphatic rings. The first-order valence-electron chi connectivity index (χ1n) is 11.2. The molecule has 0 unspecified atom stereocenters. The molecule has 3 aromatic rings. The van der Waals surface area contributed by atoms with Gasteiger partial charge in [0.1, 0.15) is 0 Å². The van der Waals surface area contributed by atoms with Crippen LogP contribution in [0.3, 0.4) is 0 Å². The van der Waals surface area contributed by atoms with Crippen LogP contribution in [-0.2, 0) is 14.8 Å². The van der Waals surface area contributed by atoms with Crippen molar-refractivity contribution in [2.45, 2.75) is 32.6 Å². The van der Waals surface area contributed by atoms with E-state index in [4.69, 9.17) is 0 Å². The molecule has 0 fully saturated rings. The van der Waals surface area contributed by atoms with Gasteiger partial charge in [-0.15, -0.1) is 0 Å². The third-order valence-corrected chi connectivity index (χ3v) is 6.41. The summed E-state index contributed by atoms with van der Waals surface area (Å²) in [5.41, 5.74) is 1.90. The molecule has 0 aromatic heterocycles. The largest absolute Gasteiger partial charge is 0.385 e. The predicted molar refractivity (Wildman–Crippen MR) is 140 cm³/mol. The van der Waals surface area contributed by atoms with Gasteiger partial charge in [-0.25, -0.2) is 8.42 Å². The summed E-state index contributed by atoms with van der Waals surface area (Å²) in [4.78, 5) is 24.9. The van der Waals surface area contributed by atoms with Crippen molar-refractivity contribution in [2.24, 2.45) is 5.41 Å². The van der Waals surface area contributed by atoms with Crippen LogP contribution in [0.15, 0.2) is 77.7 Å². The lowest BCUT2D eigenvalue weighted by molar-refractivity contribution is -0.123. The van der Waals surface area contributed by atoms with Crippen molar-refractivity contribution in [1.29, 1.82) is 0 Å². The second kappa shape index (κ2) is 10.6. The molecule has 2 amide bonds. The van der Waals surface area contributed by atoms with E-state index in [1.807, 2.05) is 19.1 Å². The van der Waals surface area contributed by atoms with Gasteiger partial charge < -0.3 is 16.0 Å². The van der Waals surface area contributed by atoms with Crippen molar-refractivity contribution >= 4 is 44.6 Å². The molecular formula is C26H30N4O4S. The van der Waals surface area contributed by atoms with Crippen LogP contribution in [0.25, 0.3) is 0 Å². The lowest BCUT2D eigenvalue weighted by atomic mass is 9.95. The van der Waals surface area contributed by atoms with Gasteiger partial charge in [-0.1, -0.05) is 39.0 Å². The lowest BCUT2D eigenvalue weighted by Gasteiger charge is -2.18. The molecule has 3 aromatic carbocycles. The Bertz CT molecular complexity index is 1310. The quantitative estimate of drug-likeness (QED) is 0.345. The number of sulfonamides is 1. The van der Waals surface area contributed by atoms with Gasteiger partial charge in [-0.05, 0) is 61.5 Å². The van der Waals surface area contributed by atoms with Crippen molar-refractivity contribution in [3.05, 3.63) is 78.4 Å². The molecule has 35 heavy (non-hydrogen) atoms. The first kappa shape index (κ1) is 25.8. The smallest absolute Gasteiger partial charge is 0.261 e. The van der Waals surface area contributed by atoms with Crippen LogP contribution in [0, 0.1) is 5.41 Å². The number of hydrogen-bond donors (Lipinski definition) is 4. The average molecular weight is 495 g/mol. The highest BCUT2D eigenvalue weighted by atomic mass is 32.2. The maximum atomic E-state index is 12.9. The summed E-state index contributed by atoms with van der Waals surface area (Å²) in [5.74, 6) is -0.479. The fourth-order valence-corrected chi connectivity index (χ4v) is 4.18. The number of para-hydroxylation sites is 1. The van der Waals surface area contributed by atoms with E-state index in [-0.39, 0.29) is 16.7 Å². The molecule has 0 bridgehead atoms. The minimum Gasteiger partial charge on any atom is -0.385 e. The van der Waals surface area contributed by atoms with Gasteiger partial charge in [-0.3, -0.25) is 14.3 Å². The molecule has 0 spiro atoms. The monoisotopic (exact) mass is 494 g/mol. The van der Waals surface area contributed by atoms with Crippen molar-refractivity contribution in [3.63, 3.8) is 0 Å². The first-order chi connectivity index (χ1) is 16.5. The number of hydrogen-bond acceptors (Lipinski definition) is 5. The Morgan fingerprint density at radius 2 is 1.46 bits per heavy atom. The Balaban J connectivity index is 1.71. The predicted octanol–water partition coefficient (Wildman–Crippen LogP) is 5.16. The summed E-state index contributed by atoms with van der Waals surface area (Å²) in [5, 5.41) is 8.71. The fraction of sp³-hybridized carbons (Fsp3) is 0.231. The second-order valence-electron chi connectivity index (χ2n) is 8.94. The molecule has 0 saturated carbocycles. The van der Waals surface area contributed by atoms with E-state index in [9.17, 15) is 18.0 Å². The van der Waals surface area contributed by atoms with Crippen LogP contribution < -0.4 is 20.7 Å². The normalized spacial score (nSPS) is 11.4. The number of anilines is 4. The number of carbonyl (C=O) groups excluding carboxylic acids is 2. The van der Waals surface area contributed by atoms with E-state index in [1.165, 1.54) is 24.3 Å². The maximum absolute atomic E-state index is 12.9. The molecule has 0 heterocycles. The van der Waals surface area contributed by atoms with E-state index in [2.05, 4.69) is 20.7 Å². The molecule has 184 valence electrons. The Labute approximate surface area is 206 Å². The average Bonchev–Trinajstić information content (AvgIpc) is 2.79.